The maximum absolute atomic E-state index is 12.8. The number of benzene rings is 1. The zero-order chi connectivity index (χ0) is 14.8. The lowest BCUT2D eigenvalue weighted by Crippen LogP contribution is -2.40. The van der Waals surface area contributed by atoms with Crippen LogP contribution in [0.3, 0.4) is 0 Å². The van der Waals surface area contributed by atoms with Gasteiger partial charge in [0.1, 0.15) is 4.88 Å². The Morgan fingerprint density at radius 1 is 1.38 bits per heavy atom. The van der Waals surface area contributed by atoms with E-state index in [2.05, 4.69) is 9.59 Å². The van der Waals surface area contributed by atoms with Crippen molar-refractivity contribution in [1.29, 1.82) is 0 Å². The Labute approximate surface area is 136 Å². The first kappa shape index (κ1) is 14.8. The fraction of sp³-hybridized carbons (Fsp3) is 0.357. The second kappa shape index (κ2) is 6.34. The molecule has 2 aromatic rings. The Balaban J connectivity index is 1.89. The molecule has 0 aliphatic carbocycles. The average Bonchev–Trinajstić information content (AvgIpc) is 2.93. The van der Waals surface area contributed by atoms with Gasteiger partial charge in [0.2, 0.25) is 0 Å². The van der Waals surface area contributed by atoms with Gasteiger partial charge >= 0.3 is 0 Å². The predicted molar refractivity (Wildman–Crippen MR) is 87.2 cm³/mol. The van der Waals surface area contributed by atoms with E-state index in [1.807, 2.05) is 47.9 Å². The maximum Gasteiger partial charge on any atom is 0.268 e. The summed E-state index contributed by atoms with van der Waals surface area (Å²) in [7, 11) is 0. The van der Waals surface area contributed by atoms with Crippen molar-refractivity contribution in [2.45, 2.75) is 13.0 Å². The Kier molecular flexibility index (Phi) is 4.47. The molecule has 1 saturated heterocycles. The van der Waals surface area contributed by atoms with Crippen LogP contribution in [0.4, 0.5) is 0 Å². The van der Waals surface area contributed by atoms with Gasteiger partial charge in [-0.3, -0.25) is 4.79 Å². The number of nitrogens with zero attached hydrogens (tertiary/aromatic N) is 3. The van der Waals surface area contributed by atoms with E-state index in [0.29, 0.717) is 15.6 Å². The van der Waals surface area contributed by atoms with E-state index < -0.39 is 0 Å². The molecule has 1 aliphatic heterocycles. The highest BCUT2D eigenvalue weighted by atomic mass is 35.5. The lowest BCUT2D eigenvalue weighted by molar-refractivity contribution is 0.0705. The third kappa shape index (κ3) is 3.07. The van der Waals surface area contributed by atoms with Gasteiger partial charge in [-0.05, 0) is 36.2 Å². The fourth-order valence-electron chi connectivity index (χ4n) is 2.37. The molecule has 1 fully saturated rings. The molecule has 21 heavy (non-hydrogen) atoms. The summed E-state index contributed by atoms with van der Waals surface area (Å²) in [5.41, 5.74) is 1.83. The van der Waals surface area contributed by atoms with E-state index in [1.165, 1.54) is 11.5 Å². The van der Waals surface area contributed by atoms with E-state index in [4.69, 9.17) is 11.6 Å². The number of carbonyl (C=O) groups is 1. The third-order valence-electron chi connectivity index (χ3n) is 3.49. The normalized spacial score (nSPS) is 18.8. The van der Waals surface area contributed by atoms with Gasteiger partial charge in [-0.15, -0.1) is 5.10 Å². The number of thioether (sulfide) groups is 1. The van der Waals surface area contributed by atoms with E-state index in [1.54, 1.807) is 0 Å². The van der Waals surface area contributed by atoms with Gasteiger partial charge in [-0.25, -0.2) is 0 Å². The van der Waals surface area contributed by atoms with Crippen molar-refractivity contribution in [3.05, 3.63) is 45.4 Å². The minimum absolute atomic E-state index is 0.0303. The van der Waals surface area contributed by atoms with Crippen molar-refractivity contribution in [2.24, 2.45) is 0 Å². The number of amides is 1. The average molecular weight is 340 g/mol. The number of hydrogen-bond donors (Lipinski definition) is 0. The van der Waals surface area contributed by atoms with Crippen LogP contribution < -0.4 is 0 Å². The predicted octanol–water partition coefficient (Wildman–Crippen LogP) is 3.43. The van der Waals surface area contributed by atoms with Gasteiger partial charge < -0.3 is 4.90 Å². The van der Waals surface area contributed by atoms with Crippen LogP contribution in [0.2, 0.25) is 5.02 Å². The molecule has 3 rings (SSSR count). The minimum atomic E-state index is 0.0303. The van der Waals surface area contributed by atoms with Crippen LogP contribution in [0.5, 0.6) is 0 Å². The first-order valence-electron chi connectivity index (χ1n) is 6.60. The van der Waals surface area contributed by atoms with Crippen molar-refractivity contribution in [1.82, 2.24) is 14.5 Å². The van der Waals surface area contributed by atoms with Crippen LogP contribution in [0, 0.1) is 6.92 Å². The van der Waals surface area contributed by atoms with Crippen LogP contribution >= 0.6 is 34.9 Å². The molecule has 0 saturated carbocycles. The van der Waals surface area contributed by atoms with Crippen molar-refractivity contribution in [3.63, 3.8) is 0 Å². The molecule has 0 radical (unpaired) electrons. The number of halogens is 1. The lowest BCUT2D eigenvalue weighted by atomic mass is 10.1. The molecular formula is C14H14ClN3OS2. The lowest BCUT2D eigenvalue weighted by Gasteiger charge is -2.35. The van der Waals surface area contributed by atoms with Crippen molar-refractivity contribution >= 4 is 40.8 Å². The van der Waals surface area contributed by atoms with Gasteiger partial charge in [0, 0.05) is 23.1 Å². The second-order valence-corrected chi connectivity index (χ2v) is 7.17. The molecule has 1 aromatic carbocycles. The summed E-state index contributed by atoms with van der Waals surface area (Å²) in [6.45, 7) is 2.57. The Morgan fingerprint density at radius 2 is 2.14 bits per heavy atom. The first-order chi connectivity index (χ1) is 10.2. The summed E-state index contributed by atoms with van der Waals surface area (Å²) in [6, 6.07) is 7.82. The number of rotatable bonds is 2. The highest BCUT2D eigenvalue weighted by Gasteiger charge is 2.30. The largest absolute Gasteiger partial charge is 0.329 e. The Hall–Kier alpha value is -1.11. The van der Waals surface area contributed by atoms with Gasteiger partial charge in [-0.1, -0.05) is 28.2 Å². The standard InChI is InChI=1S/C14H14ClN3OS2/c1-9-13(21-17-16-9)14(19)18-6-7-20-8-12(18)10-2-4-11(15)5-3-10/h2-5,12H,6-8H2,1H3. The Bertz CT molecular complexity index is 644. The zero-order valence-corrected chi connectivity index (χ0v) is 13.8. The van der Waals surface area contributed by atoms with Crippen LogP contribution in [-0.2, 0) is 0 Å². The van der Waals surface area contributed by atoms with Gasteiger partial charge in [0.05, 0.1) is 11.7 Å². The minimum Gasteiger partial charge on any atom is -0.329 e. The number of aryl methyl sites for hydroxylation is 1. The third-order valence-corrected chi connectivity index (χ3v) is 5.58. The van der Waals surface area contributed by atoms with Crippen molar-refractivity contribution < 1.29 is 4.79 Å². The summed E-state index contributed by atoms with van der Waals surface area (Å²) in [4.78, 5) is 15.3. The van der Waals surface area contributed by atoms with Gasteiger partial charge in [0.15, 0.2) is 0 Å². The number of aromatic nitrogens is 2. The van der Waals surface area contributed by atoms with E-state index >= 15 is 0 Å². The molecule has 0 N–H and O–H groups in total. The zero-order valence-electron chi connectivity index (χ0n) is 11.5. The number of hydrogen-bond acceptors (Lipinski definition) is 5. The molecule has 110 valence electrons. The Morgan fingerprint density at radius 3 is 2.81 bits per heavy atom. The molecule has 1 aromatic heterocycles. The fourth-order valence-corrected chi connectivity index (χ4v) is 4.19. The smallest absolute Gasteiger partial charge is 0.268 e. The SMILES string of the molecule is Cc1nnsc1C(=O)N1CCSCC1c1ccc(Cl)cc1. The molecule has 1 unspecified atom stereocenters. The van der Waals surface area contributed by atoms with E-state index in [-0.39, 0.29) is 11.9 Å². The van der Waals surface area contributed by atoms with Crippen molar-refractivity contribution in [2.75, 3.05) is 18.1 Å². The van der Waals surface area contributed by atoms with Crippen LogP contribution in [-0.4, -0.2) is 38.4 Å². The van der Waals surface area contributed by atoms with Gasteiger partial charge in [-0.2, -0.15) is 11.8 Å². The van der Waals surface area contributed by atoms with Crippen LogP contribution in [0.15, 0.2) is 24.3 Å². The molecule has 1 amide bonds. The van der Waals surface area contributed by atoms with E-state index in [0.717, 1.165) is 23.6 Å². The highest BCUT2D eigenvalue weighted by molar-refractivity contribution is 7.99. The summed E-state index contributed by atoms with van der Waals surface area (Å²) in [5.74, 6) is 1.89. The topological polar surface area (TPSA) is 46.1 Å². The first-order valence-corrected chi connectivity index (χ1v) is 8.90. The molecule has 0 spiro atoms. The molecule has 0 bridgehead atoms. The molecular weight excluding hydrogens is 326 g/mol. The monoisotopic (exact) mass is 339 g/mol. The van der Waals surface area contributed by atoms with Crippen LogP contribution in [0.1, 0.15) is 27.0 Å². The summed E-state index contributed by atoms with van der Waals surface area (Å²) in [5, 5.41) is 4.65. The summed E-state index contributed by atoms with van der Waals surface area (Å²) in [6.07, 6.45) is 0. The quantitative estimate of drug-likeness (QED) is 0.841. The van der Waals surface area contributed by atoms with Gasteiger partial charge in [0.25, 0.3) is 5.91 Å². The maximum atomic E-state index is 12.8. The molecule has 4 nitrogen and oxygen atoms in total. The molecule has 1 atom stereocenters. The highest BCUT2D eigenvalue weighted by Crippen LogP contribution is 2.32. The van der Waals surface area contributed by atoms with Crippen molar-refractivity contribution in [3.8, 4) is 0 Å². The van der Waals surface area contributed by atoms with Crippen LogP contribution in [0.25, 0.3) is 0 Å². The summed E-state index contributed by atoms with van der Waals surface area (Å²) >= 11 is 8.99. The molecule has 1 aliphatic rings. The molecule has 2 heterocycles. The summed E-state index contributed by atoms with van der Waals surface area (Å²) < 4.78 is 3.87. The second-order valence-electron chi connectivity index (χ2n) is 4.83. The molecule has 7 heteroatoms. The number of carbonyl (C=O) groups excluding carboxylic acids is 1. The van der Waals surface area contributed by atoms with E-state index in [9.17, 15) is 4.79 Å².